The van der Waals surface area contributed by atoms with Crippen molar-refractivity contribution in [1.82, 2.24) is 5.32 Å². The quantitative estimate of drug-likeness (QED) is 0.530. The number of hydrazine groups is 1. The van der Waals surface area contributed by atoms with Gasteiger partial charge in [0.05, 0.1) is 11.3 Å². The van der Waals surface area contributed by atoms with Crippen LogP contribution in [0.3, 0.4) is 0 Å². The van der Waals surface area contributed by atoms with Crippen molar-refractivity contribution in [1.29, 1.82) is 0 Å². The Labute approximate surface area is 95.2 Å². The Kier molecular flexibility index (Phi) is 3.10. The minimum absolute atomic E-state index is 0.0523. The first-order valence-electron chi connectivity index (χ1n) is 5.56. The van der Waals surface area contributed by atoms with Crippen LogP contribution < -0.4 is 16.6 Å². The molecule has 4 nitrogen and oxygen atoms in total. The first-order chi connectivity index (χ1) is 7.70. The third-order valence-corrected chi connectivity index (χ3v) is 2.82. The summed E-state index contributed by atoms with van der Waals surface area (Å²) in [7, 11) is 0. The van der Waals surface area contributed by atoms with Crippen LogP contribution >= 0.6 is 0 Å². The lowest BCUT2D eigenvalue weighted by molar-refractivity contribution is 0.0952. The van der Waals surface area contributed by atoms with Crippen molar-refractivity contribution in [2.45, 2.75) is 19.8 Å². The largest absolute Gasteiger partial charge is 0.352 e. The van der Waals surface area contributed by atoms with Gasteiger partial charge in [-0.1, -0.05) is 11.6 Å². The lowest BCUT2D eigenvalue weighted by Gasteiger charge is -2.10. The fourth-order valence-corrected chi connectivity index (χ4v) is 1.63. The van der Waals surface area contributed by atoms with Gasteiger partial charge in [0.2, 0.25) is 0 Å². The molecule has 0 bridgehead atoms. The van der Waals surface area contributed by atoms with Crippen LogP contribution in [0.25, 0.3) is 0 Å². The van der Waals surface area contributed by atoms with Gasteiger partial charge in [-0.3, -0.25) is 10.6 Å². The highest BCUT2D eigenvalue weighted by molar-refractivity contribution is 5.99. The Bertz CT molecular complexity index is 399. The van der Waals surface area contributed by atoms with Crippen LogP contribution in [0.4, 0.5) is 5.69 Å². The molecule has 1 aliphatic carbocycles. The molecule has 4 heteroatoms. The van der Waals surface area contributed by atoms with Gasteiger partial charge in [0, 0.05) is 6.54 Å². The number of nitrogen functional groups attached to an aromatic ring is 1. The van der Waals surface area contributed by atoms with Crippen LogP contribution in [0.2, 0.25) is 0 Å². The van der Waals surface area contributed by atoms with Gasteiger partial charge in [0.15, 0.2) is 0 Å². The van der Waals surface area contributed by atoms with Crippen LogP contribution in [0, 0.1) is 12.8 Å². The number of carbonyl (C=O) groups excluding carboxylic acids is 1. The summed E-state index contributed by atoms with van der Waals surface area (Å²) in [5.74, 6) is 6.01. The monoisotopic (exact) mass is 219 g/mol. The highest BCUT2D eigenvalue weighted by Crippen LogP contribution is 2.27. The van der Waals surface area contributed by atoms with Crippen molar-refractivity contribution in [3.63, 3.8) is 0 Å². The zero-order valence-electron chi connectivity index (χ0n) is 9.42. The topological polar surface area (TPSA) is 67.1 Å². The Balaban J connectivity index is 2.09. The van der Waals surface area contributed by atoms with E-state index in [-0.39, 0.29) is 5.91 Å². The maximum atomic E-state index is 11.9. The number of benzene rings is 1. The van der Waals surface area contributed by atoms with Crippen molar-refractivity contribution in [2.75, 3.05) is 12.0 Å². The van der Waals surface area contributed by atoms with Crippen LogP contribution in [0.15, 0.2) is 18.2 Å². The molecule has 0 spiro atoms. The molecule has 2 rings (SSSR count). The molecular formula is C12H17N3O. The second-order valence-electron chi connectivity index (χ2n) is 4.35. The highest BCUT2D eigenvalue weighted by Gasteiger charge is 2.22. The van der Waals surface area contributed by atoms with E-state index in [1.807, 2.05) is 25.1 Å². The number of anilines is 1. The SMILES string of the molecule is Cc1ccc(NN)c(C(=O)NCC2CC2)c1. The van der Waals surface area contributed by atoms with Gasteiger partial charge in [-0.2, -0.15) is 0 Å². The molecular weight excluding hydrogens is 202 g/mol. The lowest BCUT2D eigenvalue weighted by Crippen LogP contribution is -2.27. The standard InChI is InChI=1S/C12H17N3O/c1-8-2-5-11(15-13)10(6-8)12(16)14-7-9-3-4-9/h2,5-6,9,15H,3-4,7,13H2,1H3,(H,14,16). The maximum absolute atomic E-state index is 11.9. The Morgan fingerprint density at radius 1 is 1.50 bits per heavy atom. The number of nitrogens with one attached hydrogen (secondary N) is 2. The predicted octanol–water partition coefficient (Wildman–Crippen LogP) is 1.42. The average Bonchev–Trinajstić information content (AvgIpc) is 3.09. The van der Waals surface area contributed by atoms with Crippen LogP contribution in [0.5, 0.6) is 0 Å². The molecule has 0 heterocycles. The molecule has 0 atom stereocenters. The third-order valence-electron chi connectivity index (χ3n) is 2.82. The van der Waals surface area contributed by atoms with Gasteiger partial charge >= 0.3 is 0 Å². The minimum atomic E-state index is -0.0523. The summed E-state index contributed by atoms with van der Waals surface area (Å²) in [6.45, 7) is 2.73. The summed E-state index contributed by atoms with van der Waals surface area (Å²) >= 11 is 0. The first kappa shape index (κ1) is 11.0. The summed E-state index contributed by atoms with van der Waals surface area (Å²) in [5.41, 5.74) is 4.88. The normalized spacial score (nSPS) is 14.6. The van der Waals surface area contributed by atoms with E-state index in [0.717, 1.165) is 12.1 Å². The van der Waals surface area contributed by atoms with Gasteiger partial charge in [-0.05, 0) is 37.8 Å². The smallest absolute Gasteiger partial charge is 0.253 e. The van der Waals surface area contributed by atoms with Crippen LogP contribution in [-0.4, -0.2) is 12.5 Å². The fraction of sp³-hybridized carbons (Fsp3) is 0.417. The minimum Gasteiger partial charge on any atom is -0.352 e. The number of aryl methyl sites for hydroxylation is 1. The van der Waals surface area contributed by atoms with Gasteiger partial charge in [0.25, 0.3) is 5.91 Å². The van der Waals surface area contributed by atoms with Crippen LogP contribution in [-0.2, 0) is 0 Å². The van der Waals surface area contributed by atoms with E-state index in [2.05, 4.69) is 10.7 Å². The lowest BCUT2D eigenvalue weighted by atomic mass is 10.1. The van der Waals surface area contributed by atoms with Gasteiger partial charge in [-0.25, -0.2) is 0 Å². The second kappa shape index (κ2) is 4.53. The fourth-order valence-electron chi connectivity index (χ4n) is 1.63. The number of carbonyl (C=O) groups is 1. The van der Waals surface area contributed by atoms with Crippen molar-refractivity contribution >= 4 is 11.6 Å². The van der Waals surface area contributed by atoms with E-state index in [1.54, 1.807) is 0 Å². The average molecular weight is 219 g/mol. The highest BCUT2D eigenvalue weighted by atomic mass is 16.1. The number of rotatable bonds is 4. The van der Waals surface area contributed by atoms with Gasteiger partial charge in [-0.15, -0.1) is 0 Å². The molecule has 1 aromatic rings. The third kappa shape index (κ3) is 2.52. The Morgan fingerprint density at radius 2 is 2.25 bits per heavy atom. The number of amides is 1. The second-order valence-corrected chi connectivity index (χ2v) is 4.35. The molecule has 16 heavy (non-hydrogen) atoms. The zero-order valence-corrected chi connectivity index (χ0v) is 9.42. The molecule has 1 fully saturated rings. The van der Waals surface area contributed by atoms with Gasteiger partial charge < -0.3 is 10.7 Å². The molecule has 1 aromatic carbocycles. The summed E-state index contributed by atoms with van der Waals surface area (Å²) in [6.07, 6.45) is 2.46. The molecule has 0 saturated heterocycles. The molecule has 86 valence electrons. The van der Waals surface area contributed by atoms with Crippen molar-refractivity contribution in [2.24, 2.45) is 11.8 Å². The van der Waals surface area contributed by atoms with E-state index in [4.69, 9.17) is 5.84 Å². The molecule has 0 unspecified atom stereocenters. The Morgan fingerprint density at radius 3 is 2.88 bits per heavy atom. The maximum Gasteiger partial charge on any atom is 0.253 e. The summed E-state index contributed by atoms with van der Waals surface area (Å²) in [4.78, 5) is 11.9. The van der Waals surface area contributed by atoms with E-state index in [1.165, 1.54) is 12.8 Å². The van der Waals surface area contributed by atoms with E-state index < -0.39 is 0 Å². The molecule has 0 radical (unpaired) electrons. The molecule has 1 amide bonds. The number of hydrogen-bond acceptors (Lipinski definition) is 3. The van der Waals surface area contributed by atoms with Crippen molar-refractivity contribution < 1.29 is 4.79 Å². The number of hydrogen-bond donors (Lipinski definition) is 3. The predicted molar refractivity (Wildman–Crippen MR) is 64.0 cm³/mol. The molecule has 1 aliphatic rings. The summed E-state index contributed by atoms with van der Waals surface area (Å²) in [5, 5.41) is 2.93. The summed E-state index contributed by atoms with van der Waals surface area (Å²) in [6, 6.07) is 5.59. The first-order valence-corrected chi connectivity index (χ1v) is 5.56. The van der Waals surface area contributed by atoms with Crippen molar-refractivity contribution in [3.8, 4) is 0 Å². The molecule has 0 aromatic heterocycles. The van der Waals surface area contributed by atoms with Gasteiger partial charge in [0.1, 0.15) is 0 Å². The van der Waals surface area contributed by atoms with E-state index in [9.17, 15) is 4.79 Å². The summed E-state index contributed by atoms with van der Waals surface area (Å²) < 4.78 is 0. The van der Waals surface area contributed by atoms with Crippen LogP contribution in [0.1, 0.15) is 28.8 Å². The van der Waals surface area contributed by atoms with E-state index in [0.29, 0.717) is 17.2 Å². The van der Waals surface area contributed by atoms with E-state index >= 15 is 0 Å². The zero-order chi connectivity index (χ0) is 11.5. The molecule has 4 N–H and O–H groups in total. The van der Waals surface area contributed by atoms with Crippen molar-refractivity contribution in [3.05, 3.63) is 29.3 Å². The molecule has 0 aliphatic heterocycles. The molecule has 1 saturated carbocycles. The Hall–Kier alpha value is -1.55. The number of nitrogens with two attached hydrogens (primary N) is 1.